The summed E-state index contributed by atoms with van der Waals surface area (Å²) in [4.78, 5) is 1.01. The summed E-state index contributed by atoms with van der Waals surface area (Å²) in [5, 5.41) is 9.95. The van der Waals surface area contributed by atoms with Crippen LogP contribution in [0.25, 0.3) is 0 Å². The Kier molecular flexibility index (Phi) is 4.45. The third-order valence-corrected chi connectivity index (χ3v) is 4.05. The SMILES string of the molecule is O[C@@H](CN1CCC(C(F)(F)F)(C(F)(F)F)C1)c1ccccc1. The van der Waals surface area contributed by atoms with E-state index in [1.54, 1.807) is 30.3 Å². The van der Waals surface area contributed by atoms with Crippen LogP contribution in [0.15, 0.2) is 30.3 Å². The van der Waals surface area contributed by atoms with E-state index < -0.39 is 36.8 Å². The van der Waals surface area contributed by atoms with Crippen molar-refractivity contribution in [1.82, 2.24) is 4.90 Å². The molecule has 0 amide bonds. The smallest absolute Gasteiger partial charge is 0.387 e. The summed E-state index contributed by atoms with van der Waals surface area (Å²) in [6, 6.07) is 8.12. The fourth-order valence-corrected chi connectivity index (χ4v) is 2.69. The zero-order valence-electron chi connectivity index (χ0n) is 11.5. The van der Waals surface area contributed by atoms with Crippen LogP contribution in [0.3, 0.4) is 0 Å². The Morgan fingerprint density at radius 1 is 1.05 bits per heavy atom. The molecular weight excluding hydrogens is 312 g/mol. The van der Waals surface area contributed by atoms with Gasteiger partial charge in [0.05, 0.1) is 6.10 Å². The van der Waals surface area contributed by atoms with Crippen LogP contribution in [0.1, 0.15) is 18.1 Å². The van der Waals surface area contributed by atoms with Gasteiger partial charge in [0.2, 0.25) is 0 Å². The van der Waals surface area contributed by atoms with Crippen molar-refractivity contribution in [3.63, 3.8) is 0 Å². The van der Waals surface area contributed by atoms with E-state index in [2.05, 4.69) is 0 Å². The third-order valence-electron chi connectivity index (χ3n) is 4.05. The van der Waals surface area contributed by atoms with Crippen molar-refractivity contribution in [2.24, 2.45) is 5.41 Å². The van der Waals surface area contributed by atoms with Gasteiger partial charge >= 0.3 is 12.4 Å². The lowest BCUT2D eigenvalue weighted by atomic mass is 9.85. The van der Waals surface area contributed by atoms with Crippen LogP contribution in [-0.2, 0) is 0 Å². The zero-order valence-corrected chi connectivity index (χ0v) is 11.5. The van der Waals surface area contributed by atoms with Crippen molar-refractivity contribution in [2.75, 3.05) is 19.6 Å². The summed E-state index contributed by atoms with van der Waals surface area (Å²) < 4.78 is 77.6. The van der Waals surface area contributed by atoms with Gasteiger partial charge in [0.1, 0.15) is 0 Å². The molecule has 1 aliphatic heterocycles. The van der Waals surface area contributed by atoms with Gasteiger partial charge in [0.25, 0.3) is 0 Å². The molecule has 1 aromatic carbocycles. The quantitative estimate of drug-likeness (QED) is 0.859. The van der Waals surface area contributed by atoms with Crippen molar-refractivity contribution in [2.45, 2.75) is 24.9 Å². The first kappa shape index (κ1) is 17.1. The maximum absolute atomic E-state index is 12.9. The average molecular weight is 327 g/mol. The topological polar surface area (TPSA) is 23.5 Å². The lowest BCUT2D eigenvalue weighted by molar-refractivity contribution is -0.335. The summed E-state index contributed by atoms with van der Waals surface area (Å²) >= 11 is 0. The third kappa shape index (κ3) is 3.08. The van der Waals surface area contributed by atoms with E-state index >= 15 is 0 Å². The van der Waals surface area contributed by atoms with Gasteiger partial charge in [-0.2, -0.15) is 26.3 Å². The van der Waals surface area contributed by atoms with Gasteiger partial charge in [-0.15, -0.1) is 0 Å². The number of benzene rings is 1. The molecule has 0 unspecified atom stereocenters. The molecule has 1 fully saturated rings. The maximum atomic E-state index is 12.9. The van der Waals surface area contributed by atoms with Crippen molar-refractivity contribution in [3.05, 3.63) is 35.9 Å². The Bertz CT molecular complexity index is 484. The lowest BCUT2D eigenvalue weighted by Gasteiger charge is -2.34. The molecule has 0 saturated carbocycles. The minimum absolute atomic E-state index is 0.266. The first-order valence-corrected chi connectivity index (χ1v) is 6.66. The number of alkyl halides is 6. The van der Waals surface area contributed by atoms with Crippen LogP contribution >= 0.6 is 0 Å². The zero-order chi connectivity index (χ0) is 16.6. The van der Waals surface area contributed by atoms with Gasteiger partial charge in [-0.1, -0.05) is 30.3 Å². The monoisotopic (exact) mass is 327 g/mol. The Morgan fingerprint density at radius 2 is 1.59 bits per heavy atom. The molecule has 1 atom stereocenters. The Hall–Kier alpha value is -1.28. The number of halogens is 6. The molecule has 0 aromatic heterocycles. The van der Waals surface area contributed by atoms with Crippen molar-refractivity contribution < 1.29 is 31.4 Å². The van der Waals surface area contributed by atoms with Crippen molar-refractivity contribution in [3.8, 4) is 0 Å². The molecule has 1 N–H and O–H groups in total. The standard InChI is InChI=1S/C14H15F6NO/c15-13(16,17)12(14(18,19)20)6-7-21(9-12)8-11(22)10-4-2-1-3-5-10/h1-5,11,22H,6-9H2/t11-/m0/s1. The van der Waals surface area contributed by atoms with Crippen molar-refractivity contribution in [1.29, 1.82) is 0 Å². The molecule has 2 rings (SSSR count). The first-order chi connectivity index (χ1) is 10.1. The van der Waals surface area contributed by atoms with E-state index in [1.807, 2.05) is 0 Å². The highest BCUT2D eigenvalue weighted by Crippen LogP contribution is 2.55. The van der Waals surface area contributed by atoms with Crippen LogP contribution in [0, 0.1) is 5.41 Å². The Labute approximate surface area is 123 Å². The fourth-order valence-electron chi connectivity index (χ4n) is 2.69. The predicted octanol–water partition coefficient (Wildman–Crippen LogP) is 3.54. The van der Waals surface area contributed by atoms with Gasteiger partial charge in [0.15, 0.2) is 5.41 Å². The average Bonchev–Trinajstić information content (AvgIpc) is 2.84. The second-order valence-corrected chi connectivity index (χ2v) is 5.49. The molecule has 1 aliphatic rings. The summed E-state index contributed by atoms with van der Waals surface area (Å²) in [5.74, 6) is 0. The Balaban J connectivity index is 2.11. The summed E-state index contributed by atoms with van der Waals surface area (Å²) in [7, 11) is 0. The summed E-state index contributed by atoms with van der Waals surface area (Å²) in [6.45, 7) is -1.80. The van der Waals surface area contributed by atoms with E-state index in [-0.39, 0.29) is 13.1 Å². The minimum atomic E-state index is -5.36. The van der Waals surface area contributed by atoms with Gasteiger partial charge in [-0.05, 0) is 18.5 Å². The number of rotatable bonds is 3. The molecule has 2 nitrogen and oxygen atoms in total. The number of hydrogen-bond acceptors (Lipinski definition) is 2. The number of aliphatic hydroxyl groups excluding tert-OH is 1. The van der Waals surface area contributed by atoms with Gasteiger partial charge in [-0.25, -0.2) is 0 Å². The molecule has 1 aromatic rings. The van der Waals surface area contributed by atoms with Crippen molar-refractivity contribution >= 4 is 0 Å². The molecule has 0 radical (unpaired) electrons. The van der Waals surface area contributed by atoms with Crippen LogP contribution in [-0.4, -0.2) is 42.0 Å². The minimum Gasteiger partial charge on any atom is -0.387 e. The van der Waals surface area contributed by atoms with Crippen LogP contribution < -0.4 is 0 Å². The van der Waals surface area contributed by atoms with E-state index in [1.165, 1.54) is 0 Å². The molecule has 1 heterocycles. The number of β-amino-alcohol motifs (C(OH)–C–C–N with tert-alkyl or cyclic N) is 1. The molecule has 0 aliphatic carbocycles. The second kappa shape index (κ2) is 5.73. The number of hydrogen-bond donors (Lipinski definition) is 1. The van der Waals surface area contributed by atoms with Gasteiger partial charge in [-0.3, -0.25) is 4.90 Å². The predicted molar refractivity (Wildman–Crippen MR) is 67.0 cm³/mol. The van der Waals surface area contributed by atoms with E-state index in [0.29, 0.717) is 5.56 Å². The van der Waals surface area contributed by atoms with Crippen LogP contribution in [0.5, 0.6) is 0 Å². The lowest BCUT2D eigenvalue weighted by Crippen LogP contribution is -2.51. The number of nitrogens with zero attached hydrogens (tertiary/aromatic N) is 1. The van der Waals surface area contributed by atoms with Gasteiger partial charge < -0.3 is 5.11 Å². The maximum Gasteiger partial charge on any atom is 0.404 e. The largest absolute Gasteiger partial charge is 0.404 e. The van der Waals surface area contributed by atoms with Crippen LogP contribution in [0.4, 0.5) is 26.3 Å². The Morgan fingerprint density at radius 3 is 2.05 bits per heavy atom. The van der Waals surface area contributed by atoms with E-state index in [9.17, 15) is 31.4 Å². The molecular formula is C14H15F6NO. The molecule has 8 heteroatoms. The number of aliphatic hydroxyl groups is 1. The molecule has 0 spiro atoms. The van der Waals surface area contributed by atoms with Gasteiger partial charge in [0, 0.05) is 13.1 Å². The van der Waals surface area contributed by atoms with E-state index in [4.69, 9.17) is 0 Å². The van der Waals surface area contributed by atoms with E-state index in [0.717, 1.165) is 4.90 Å². The normalized spacial score (nSPS) is 21.0. The molecule has 22 heavy (non-hydrogen) atoms. The highest BCUT2D eigenvalue weighted by Gasteiger charge is 2.72. The number of likely N-dealkylation sites (tertiary alicyclic amines) is 1. The highest BCUT2D eigenvalue weighted by molar-refractivity contribution is 5.17. The molecule has 124 valence electrons. The summed E-state index contributed by atoms with van der Waals surface area (Å²) in [6.07, 6.45) is -12.9. The highest BCUT2D eigenvalue weighted by atomic mass is 19.4. The first-order valence-electron chi connectivity index (χ1n) is 6.66. The molecule has 1 saturated heterocycles. The second-order valence-electron chi connectivity index (χ2n) is 5.49. The molecule has 0 bridgehead atoms. The van der Waals surface area contributed by atoms with Crippen LogP contribution in [0.2, 0.25) is 0 Å². The fraction of sp³-hybridized carbons (Fsp3) is 0.571. The summed E-state index contributed by atoms with van der Waals surface area (Å²) in [5.41, 5.74) is -3.25.